The Morgan fingerprint density at radius 1 is 1.13 bits per heavy atom. The predicted octanol–water partition coefficient (Wildman–Crippen LogP) is 3.80. The molecule has 0 saturated heterocycles. The molecule has 4 nitrogen and oxygen atoms in total. The van der Waals surface area contributed by atoms with Gasteiger partial charge in [-0.25, -0.2) is 0 Å². The molecule has 0 aliphatic carbocycles. The molecular formula is C19H19N3O. The first-order chi connectivity index (χ1) is 11.0. The van der Waals surface area contributed by atoms with E-state index in [1.54, 1.807) is 0 Å². The highest BCUT2D eigenvalue weighted by molar-refractivity contribution is 5.89. The van der Waals surface area contributed by atoms with Crippen LogP contribution >= 0.6 is 0 Å². The molecule has 23 heavy (non-hydrogen) atoms. The van der Waals surface area contributed by atoms with Crippen LogP contribution in [0.25, 0.3) is 10.8 Å². The van der Waals surface area contributed by atoms with Gasteiger partial charge in [0.25, 0.3) is 0 Å². The lowest BCUT2D eigenvalue weighted by Crippen LogP contribution is -2.05. The number of nitrogens with zero attached hydrogens (tertiary/aromatic N) is 2. The number of rotatable bonds is 3. The van der Waals surface area contributed by atoms with Crippen molar-refractivity contribution < 1.29 is 4.79 Å². The molecule has 0 aliphatic rings. The third-order valence-electron chi connectivity index (χ3n) is 3.78. The Morgan fingerprint density at radius 3 is 2.57 bits per heavy atom. The van der Waals surface area contributed by atoms with Gasteiger partial charge in [0.2, 0.25) is 5.91 Å². The molecule has 2 heterocycles. The van der Waals surface area contributed by atoms with Gasteiger partial charge >= 0.3 is 0 Å². The number of pyridine rings is 2. The number of benzene rings is 1. The van der Waals surface area contributed by atoms with Crippen LogP contribution in [0.4, 0.5) is 5.69 Å². The summed E-state index contributed by atoms with van der Waals surface area (Å²) < 4.78 is 0. The van der Waals surface area contributed by atoms with Gasteiger partial charge in [0, 0.05) is 42.0 Å². The molecule has 0 aliphatic heterocycles. The number of hydrogen-bond donors (Lipinski definition) is 1. The lowest BCUT2D eigenvalue weighted by molar-refractivity contribution is -0.114. The van der Waals surface area contributed by atoms with Gasteiger partial charge in [-0.2, -0.15) is 0 Å². The zero-order chi connectivity index (χ0) is 16.4. The van der Waals surface area contributed by atoms with Crippen molar-refractivity contribution in [2.75, 3.05) is 5.32 Å². The normalized spacial score (nSPS) is 10.7. The van der Waals surface area contributed by atoms with Crippen LogP contribution in [-0.2, 0) is 11.2 Å². The second-order valence-corrected chi connectivity index (χ2v) is 5.76. The van der Waals surface area contributed by atoms with Crippen LogP contribution in [0, 0.1) is 13.8 Å². The molecule has 0 bridgehead atoms. The predicted molar refractivity (Wildman–Crippen MR) is 92.6 cm³/mol. The summed E-state index contributed by atoms with van der Waals surface area (Å²) in [5, 5.41) is 5.08. The quantitative estimate of drug-likeness (QED) is 0.801. The third kappa shape index (κ3) is 3.37. The largest absolute Gasteiger partial charge is 0.326 e. The number of hydrogen-bond acceptors (Lipinski definition) is 3. The van der Waals surface area contributed by atoms with Crippen molar-refractivity contribution in [1.29, 1.82) is 0 Å². The number of carbonyl (C=O) groups excluding carboxylic acids is 1. The minimum Gasteiger partial charge on any atom is -0.326 e. The molecule has 0 unspecified atom stereocenters. The van der Waals surface area contributed by atoms with Crippen molar-refractivity contribution in [2.24, 2.45) is 0 Å². The molecule has 1 aromatic carbocycles. The van der Waals surface area contributed by atoms with E-state index in [0.29, 0.717) is 0 Å². The summed E-state index contributed by atoms with van der Waals surface area (Å²) in [5.41, 5.74) is 5.02. The SMILES string of the molecule is CC(=O)Nc1ccc(Cc2nccc3cc(C)nc(C)c23)cc1. The summed E-state index contributed by atoms with van der Waals surface area (Å²) in [4.78, 5) is 20.2. The second kappa shape index (κ2) is 6.16. The Morgan fingerprint density at radius 2 is 1.87 bits per heavy atom. The van der Waals surface area contributed by atoms with Gasteiger partial charge in [-0.1, -0.05) is 12.1 Å². The van der Waals surface area contributed by atoms with Crippen LogP contribution in [0.1, 0.15) is 29.6 Å². The molecular weight excluding hydrogens is 286 g/mol. The smallest absolute Gasteiger partial charge is 0.221 e. The second-order valence-electron chi connectivity index (χ2n) is 5.76. The number of amides is 1. The van der Waals surface area contributed by atoms with Crippen molar-refractivity contribution in [2.45, 2.75) is 27.2 Å². The van der Waals surface area contributed by atoms with E-state index in [1.165, 1.54) is 12.3 Å². The highest BCUT2D eigenvalue weighted by Crippen LogP contribution is 2.23. The molecule has 0 saturated carbocycles. The van der Waals surface area contributed by atoms with Crippen LogP contribution in [0.5, 0.6) is 0 Å². The van der Waals surface area contributed by atoms with Crippen LogP contribution in [0.2, 0.25) is 0 Å². The topological polar surface area (TPSA) is 54.9 Å². The van der Waals surface area contributed by atoms with E-state index < -0.39 is 0 Å². The van der Waals surface area contributed by atoms with E-state index in [2.05, 4.69) is 21.4 Å². The molecule has 4 heteroatoms. The highest BCUT2D eigenvalue weighted by atomic mass is 16.1. The summed E-state index contributed by atoms with van der Waals surface area (Å²) >= 11 is 0. The summed E-state index contributed by atoms with van der Waals surface area (Å²) in [5.74, 6) is -0.0643. The van der Waals surface area contributed by atoms with Crippen molar-refractivity contribution in [3.8, 4) is 0 Å². The average Bonchev–Trinajstić information content (AvgIpc) is 2.48. The average molecular weight is 305 g/mol. The van der Waals surface area contributed by atoms with Gasteiger partial charge in [0.15, 0.2) is 0 Å². The summed E-state index contributed by atoms with van der Waals surface area (Å²) in [6, 6.07) is 12.0. The van der Waals surface area contributed by atoms with E-state index in [0.717, 1.165) is 40.1 Å². The van der Waals surface area contributed by atoms with Crippen LogP contribution in [0.3, 0.4) is 0 Å². The number of aromatic nitrogens is 2. The van der Waals surface area contributed by atoms with Crippen LogP contribution in [0.15, 0.2) is 42.6 Å². The van der Waals surface area contributed by atoms with E-state index in [1.807, 2.05) is 50.4 Å². The molecule has 0 spiro atoms. The Hall–Kier alpha value is -2.75. The van der Waals surface area contributed by atoms with E-state index in [9.17, 15) is 4.79 Å². The van der Waals surface area contributed by atoms with Crippen molar-refractivity contribution in [3.63, 3.8) is 0 Å². The molecule has 0 radical (unpaired) electrons. The minimum absolute atomic E-state index is 0.0643. The third-order valence-corrected chi connectivity index (χ3v) is 3.78. The molecule has 1 amide bonds. The first-order valence-electron chi connectivity index (χ1n) is 7.61. The lowest BCUT2D eigenvalue weighted by atomic mass is 10.0. The van der Waals surface area contributed by atoms with Crippen molar-refractivity contribution >= 4 is 22.4 Å². The molecule has 2 aromatic heterocycles. The van der Waals surface area contributed by atoms with Gasteiger partial charge in [-0.15, -0.1) is 0 Å². The Labute approximate surface area is 135 Å². The molecule has 1 N–H and O–H groups in total. The van der Waals surface area contributed by atoms with Gasteiger partial charge in [0.1, 0.15) is 0 Å². The van der Waals surface area contributed by atoms with Gasteiger partial charge < -0.3 is 5.32 Å². The fourth-order valence-electron chi connectivity index (χ4n) is 2.87. The number of anilines is 1. The molecule has 0 fully saturated rings. The standard InChI is InChI=1S/C19H19N3O/c1-12-10-16-8-9-20-18(19(16)13(2)21-12)11-15-4-6-17(7-5-15)22-14(3)23/h4-10H,11H2,1-3H3,(H,22,23). The number of carbonyl (C=O) groups is 1. The lowest BCUT2D eigenvalue weighted by Gasteiger charge is -2.10. The van der Waals surface area contributed by atoms with Crippen molar-refractivity contribution in [3.05, 3.63) is 65.2 Å². The zero-order valence-electron chi connectivity index (χ0n) is 13.6. The first kappa shape index (κ1) is 15.2. The van der Waals surface area contributed by atoms with Crippen molar-refractivity contribution in [1.82, 2.24) is 9.97 Å². The van der Waals surface area contributed by atoms with E-state index >= 15 is 0 Å². The minimum atomic E-state index is -0.0643. The van der Waals surface area contributed by atoms with E-state index in [4.69, 9.17) is 0 Å². The molecule has 116 valence electrons. The fraction of sp³-hybridized carbons (Fsp3) is 0.211. The summed E-state index contributed by atoms with van der Waals surface area (Å²) in [7, 11) is 0. The summed E-state index contributed by atoms with van der Waals surface area (Å²) in [6.07, 6.45) is 2.59. The molecule has 3 rings (SSSR count). The summed E-state index contributed by atoms with van der Waals surface area (Å²) in [6.45, 7) is 5.54. The van der Waals surface area contributed by atoms with Crippen LogP contribution in [-0.4, -0.2) is 15.9 Å². The maximum absolute atomic E-state index is 11.1. The molecule has 3 aromatic rings. The first-order valence-corrected chi connectivity index (χ1v) is 7.61. The van der Waals surface area contributed by atoms with Gasteiger partial charge in [-0.3, -0.25) is 14.8 Å². The number of fused-ring (bicyclic) bond motifs is 1. The Balaban J connectivity index is 1.94. The fourth-order valence-corrected chi connectivity index (χ4v) is 2.87. The van der Waals surface area contributed by atoms with Gasteiger partial charge in [0.05, 0.1) is 5.69 Å². The Kier molecular flexibility index (Phi) is 4.06. The monoisotopic (exact) mass is 305 g/mol. The number of aryl methyl sites for hydroxylation is 2. The Bertz CT molecular complexity index is 870. The maximum Gasteiger partial charge on any atom is 0.221 e. The van der Waals surface area contributed by atoms with Gasteiger partial charge in [-0.05, 0) is 49.1 Å². The highest BCUT2D eigenvalue weighted by Gasteiger charge is 2.08. The maximum atomic E-state index is 11.1. The zero-order valence-corrected chi connectivity index (χ0v) is 13.6. The van der Waals surface area contributed by atoms with Crippen LogP contribution < -0.4 is 5.32 Å². The van der Waals surface area contributed by atoms with E-state index in [-0.39, 0.29) is 5.91 Å². The molecule has 0 atom stereocenters. The number of nitrogens with one attached hydrogen (secondary N) is 1.